The van der Waals surface area contributed by atoms with Gasteiger partial charge in [0.05, 0.1) is 20.9 Å². The summed E-state index contributed by atoms with van der Waals surface area (Å²) in [4.78, 5) is 0. The molecular formula is C6H6BrClN2. The highest BCUT2D eigenvalue weighted by Crippen LogP contribution is 2.32. The highest BCUT2D eigenvalue weighted by molar-refractivity contribution is 9.10. The number of hydrogen-bond donors (Lipinski definition) is 2. The zero-order valence-electron chi connectivity index (χ0n) is 5.07. The molecule has 2 nitrogen and oxygen atoms in total. The van der Waals surface area contributed by atoms with Gasteiger partial charge in [-0.2, -0.15) is 0 Å². The number of rotatable bonds is 0. The van der Waals surface area contributed by atoms with Crippen LogP contribution in [0, 0.1) is 0 Å². The van der Waals surface area contributed by atoms with Crippen molar-refractivity contribution >= 4 is 38.9 Å². The van der Waals surface area contributed by atoms with E-state index in [9.17, 15) is 0 Å². The molecule has 4 heteroatoms. The fourth-order valence-electron chi connectivity index (χ4n) is 0.581. The summed E-state index contributed by atoms with van der Waals surface area (Å²) >= 11 is 8.90. The molecule has 0 saturated heterocycles. The van der Waals surface area contributed by atoms with Crippen LogP contribution in [-0.4, -0.2) is 0 Å². The highest BCUT2D eigenvalue weighted by Gasteiger charge is 2.02. The summed E-state index contributed by atoms with van der Waals surface area (Å²) in [6.45, 7) is 0. The molecule has 0 amide bonds. The summed E-state index contributed by atoms with van der Waals surface area (Å²) in [5, 5.41) is 0.576. The molecule has 0 atom stereocenters. The molecule has 54 valence electrons. The predicted molar refractivity (Wildman–Crippen MR) is 48.0 cm³/mol. The number of nitrogens with two attached hydrogens (primary N) is 2. The molecule has 0 unspecified atom stereocenters. The van der Waals surface area contributed by atoms with Crippen LogP contribution in [0.4, 0.5) is 11.4 Å². The smallest absolute Gasteiger partial charge is 0.0707 e. The van der Waals surface area contributed by atoms with Crippen molar-refractivity contribution in [1.82, 2.24) is 0 Å². The van der Waals surface area contributed by atoms with Gasteiger partial charge in [0, 0.05) is 0 Å². The zero-order valence-corrected chi connectivity index (χ0v) is 7.41. The number of halogens is 2. The van der Waals surface area contributed by atoms with E-state index in [1.807, 2.05) is 0 Å². The van der Waals surface area contributed by atoms with Gasteiger partial charge in [-0.05, 0) is 28.1 Å². The van der Waals surface area contributed by atoms with Gasteiger partial charge in [-0.15, -0.1) is 0 Å². The first-order chi connectivity index (χ1) is 4.63. The molecule has 0 aliphatic heterocycles. The Morgan fingerprint density at radius 3 is 2.40 bits per heavy atom. The van der Waals surface area contributed by atoms with Crippen molar-refractivity contribution < 1.29 is 0 Å². The van der Waals surface area contributed by atoms with E-state index >= 15 is 0 Å². The Morgan fingerprint density at radius 1 is 1.30 bits per heavy atom. The first-order valence-electron chi connectivity index (χ1n) is 2.62. The minimum Gasteiger partial charge on any atom is -0.397 e. The van der Waals surface area contributed by atoms with Crippen LogP contribution in [0.15, 0.2) is 16.6 Å². The maximum absolute atomic E-state index is 5.70. The van der Waals surface area contributed by atoms with Gasteiger partial charge in [-0.1, -0.05) is 11.6 Å². The fourth-order valence-corrected chi connectivity index (χ4v) is 1.11. The molecule has 0 aliphatic carbocycles. The lowest BCUT2D eigenvalue weighted by Gasteiger charge is -2.02. The minimum atomic E-state index is 0.493. The minimum absolute atomic E-state index is 0.493. The monoisotopic (exact) mass is 220 g/mol. The topological polar surface area (TPSA) is 52.0 Å². The Bertz CT molecular complexity index is 235. The summed E-state index contributed by atoms with van der Waals surface area (Å²) in [7, 11) is 0. The molecule has 1 aromatic rings. The van der Waals surface area contributed by atoms with Crippen LogP contribution in [0.25, 0.3) is 0 Å². The van der Waals surface area contributed by atoms with Crippen LogP contribution >= 0.6 is 27.5 Å². The molecule has 10 heavy (non-hydrogen) atoms. The first kappa shape index (κ1) is 7.69. The third-order valence-electron chi connectivity index (χ3n) is 1.17. The van der Waals surface area contributed by atoms with Crippen LogP contribution in [0.1, 0.15) is 0 Å². The maximum atomic E-state index is 5.70. The zero-order chi connectivity index (χ0) is 7.72. The van der Waals surface area contributed by atoms with E-state index < -0.39 is 0 Å². The average molecular weight is 221 g/mol. The lowest BCUT2D eigenvalue weighted by atomic mass is 10.3. The summed E-state index contributed by atoms with van der Waals surface area (Å²) in [5.41, 5.74) is 12.0. The molecule has 0 bridgehead atoms. The molecule has 0 fully saturated rings. The second-order valence-electron chi connectivity index (χ2n) is 1.86. The normalized spacial score (nSPS) is 9.80. The van der Waals surface area contributed by atoms with Gasteiger partial charge in [-0.3, -0.25) is 0 Å². The van der Waals surface area contributed by atoms with Crippen molar-refractivity contribution in [2.45, 2.75) is 0 Å². The Balaban J connectivity index is 3.34. The van der Waals surface area contributed by atoms with Crippen molar-refractivity contribution in [3.8, 4) is 0 Å². The Labute approximate surface area is 72.3 Å². The number of anilines is 2. The number of hydrogen-bond acceptors (Lipinski definition) is 2. The molecule has 1 rings (SSSR count). The molecule has 0 heterocycles. The Morgan fingerprint density at radius 2 is 1.90 bits per heavy atom. The Hall–Kier alpha value is -0.410. The van der Waals surface area contributed by atoms with Crippen LogP contribution < -0.4 is 11.5 Å². The molecule has 0 saturated carbocycles. The lowest BCUT2D eigenvalue weighted by molar-refractivity contribution is 1.62. The second-order valence-corrected chi connectivity index (χ2v) is 3.06. The van der Waals surface area contributed by atoms with Gasteiger partial charge >= 0.3 is 0 Å². The predicted octanol–water partition coefficient (Wildman–Crippen LogP) is 2.27. The quantitative estimate of drug-likeness (QED) is 0.660. The molecule has 0 aromatic heterocycles. The van der Waals surface area contributed by atoms with Crippen LogP contribution in [0.2, 0.25) is 5.02 Å². The summed E-state index contributed by atoms with van der Waals surface area (Å²) in [5.74, 6) is 0. The summed E-state index contributed by atoms with van der Waals surface area (Å²) in [6, 6.07) is 3.36. The van der Waals surface area contributed by atoms with Gasteiger partial charge in [0.1, 0.15) is 0 Å². The van der Waals surface area contributed by atoms with Gasteiger partial charge in [0.15, 0.2) is 0 Å². The van der Waals surface area contributed by atoms with Gasteiger partial charge in [-0.25, -0.2) is 0 Å². The van der Waals surface area contributed by atoms with E-state index in [0.717, 1.165) is 0 Å². The molecule has 4 N–H and O–H groups in total. The van der Waals surface area contributed by atoms with Crippen LogP contribution in [0.5, 0.6) is 0 Å². The van der Waals surface area contributed by atoms with Gasteiger partial charge < -0.3 is 11.5 Å². The number of benzene rings is 1. The molecule has 1 aromatic carbocycles. The maximum Gasteiger partial charge on any atom is 0.0707 e. The molecule has 0 spiro atoms. The lowest BCUT2D eigenvalue weighted by Crippen LogP contribution is -1.94. The van der Waals surface area contributed by atoms with Crippen molar-refractivity contribution in [2.75, 3.05) is 11.5 Å². The van der Waals surface area contributed by atoms with Crippen LogP contribution in [0.3, 0.4) is 0 Å². The van der Waals surface area contributed by atoms with E-state index in [-0.39, 0.29) is 0 Å². The third-order valence-corrected chi connectivity index (χ3v) is 2.56. The largest absolute Gasteiger partial charge is 0.397 e. The second kappa shape index (κ2) is 2.68. The van der Waals surface area contributed by atoms with Gasteiger partial charge in [0.25, 0.3) is 0 Å². The van der Waals surface area contributed by atoms with E-state index in [2.05, 4.69) is 15.9 Å². The number of nitrogen functional groups attached to an aromatic ring is 2. The van der Waals surface area contributed by atoms with Crippen molar-refractivity contribution in [3.05, 3.63) is 21.6 Å². The molecule has 0 radical (unpaired) electrons. The molecule has 0 aliphatic rings. The van der Waals surface area contributed by atoms with Crippen molar-refractivity contribution in [2.24, 2.45) is 0 Å². The summed E-state index contributed by atoms with van der Waals surface area (Å²) < 4.78 is 0.661. The third kappa shape index (κ3) is 1.20. The van der Waals surface area contributed by atoms with E-state index in [1.165, 1.54) is 0 Å². The highest BCUT2D eigenvalue weighted by atomic mass is 79.9. The average Bonchev–Trinajstić information content (AvgIpc) is 1.93. The molecular weight excluding hydrogens is 215 g/mol. The van der Waals surface area contributed by atoms with Crippen molar-refractivity contribution in [1.29, 1.82) is 0 Å². The van der Waals surface area contributed by atoms with E-state index in [4.69, 9.17) is 23.1 Å². The Kier molecular flexibility index (Phi) is 2.06. The van der Waals surface area contributed by atoms with Crippen molar-refractivity contribution in [3.63, 3.8) is 0 Å². The standard InChI is InChI=1S/C6H6BrClN2/c7-5-3(8)1-2-4(9)6(5)10/h1-2H,9-10H2. The van der Waals surface area contributed by atoms with E-state index in [0.29, 0.717) is 20.9 Å². The summed E-state index contributed by atoms with van der Waals surface area (Å²) in [6.07, 6.45) is 0. The van der Waals surface area contributed by atoms with E-state index in [1.54, 1.807) is 12.1 Å². The van der Waals surface area contributed by atoms with Crippen LogP contribution in [-0.2, 0) is 0 Å². The van der Waals surface area contributed by atoms with Gasteiger partial charge in [0.2, 0.25) is 0 Å². The first-order valence-corrected chi connectivity index (χ1v) is 3.79. The SMILES string of the molecule is Nc1ccc(Cl)c(Br)c1N. The fraction of sp³-hybridized carbons (Fsp3) is 0.